The van der Waals surface area contributed by atoms with Crippen LogP contribution in [0.3, 0.4) is 0 Å². The first kappa shape index (κ1) is 18.6. The van der Waals surface area contributed by atoms with Gasteiger partial charge in [0.1, 0.15) is 0 Å². The van der Waals surface area contributed by atoms with Crippen LogP contribution in [0.5, 0.6) is 0 Å². The summed E-state index contributed by atoms with van der Waals surface area (Å²) in [6, 6.07) is 9.71. The second kappa shape index (κ2) is 9.53. The van der Waals surface area contributed by atoms with Gasteiger partial charge in [-0.25, -0.2) is 0 Å². The van der Waals surface area contributed by atoms with Crippen LogP contribution in [-0.4, -0.2) is 18.3 Å². The summed E-state index contributed by atoms with van der Waals surface area (Å²) in [6.45, 7) is 12.5. The van der Waals surface area contributed by atoms with Crippen molar-refractivity contribution in [3.63, 3.8) is 0 Å². The minimum absolute atomic E-state index is 0.249. The lowest BCUT2D eigenvalue weighted by Gasteiger charge is -2.19. The third-order valence-electron chi connectivity index (χ3n) is 3.82. The molecule has 1 aromatic carbocycles. The highest BCUT2D eigenvalue weighted by Crippen LogP contribution is 2.25. The zero-order valence-electron chi connectivity index (χ0n) is 14.5. The highest BCUT2D eigenvalue weighted by atomic mass is 32.2. The standard InChI is InChI=1S/C19H33NS/c1-6-7-8-9-16(2)20-14-15-21-18-12-10-17(11-13-18)19(3,4)5/h10-13,16,20H,6-9,14-15H2,1-5H3. The van der Waals surface area contributed by atoms with Crippen molar-refractivity contribution in [3.8, 4) is 0 Å². The van der Waals surface area contributed by atoms with Gasteiger partial charge in [0.2, 0.25) is 0 Å². The number of hydrogen-bond donors (Lipinski definition) is 1. The molecule has 0 spiro atoms. The van der Waals surface area contributed by atoms with Gasteiger partial charge >= 0.3 is 0 Å². The number of thioether (sulfide) groups is 1. The Labute approximate surface area is 136 Å². The first-order valence-corrected chi connectivity index (χ1v) is 9.38. The molecule has 21 heavy (non-hydrogen) atoms. The number of unbranched alkanes of at least 4 members (excludes halogenated alkanes) is 2. The minimum Gasteiger partial charge on any atom is -0.313 e. The summed E-state index contributed by atoms with van der Waals surface area (Å²) in [5.74, 6) is 1.15. The summed E-state index contributed by atoms with van der Waals surface area (Å²) < 4.78 is 0. The Morgan fingerprint density at radius 3 is 2.33 bits per heavy atom. The quantitative estimate of drug-likeness (QED) is 0.468. The topological polar surface area (TPSA) is 12.0 Å². The van der Waals surface area contributed by atoms with Crippen LogP contribution >= 0.6 is 11.8 Å². The summed E-state index contributed by atoms with van der Waals surface area (Å²) in [5.41, 5.74) is 1.66. The fourth-order valence-electron chi connectivity index (χ4n) is 2.33. The van der Waals surface area contributed by atoms with Crippen molar-refractivity contribution in [3.05, 3.63) is 29.8 Å². The van der Waals surface area contributed by atoms with E-state index in [9.17, 15) is 0 Å². The Hall–Kier alpha value is -0.470. The zero-order valence-corrected chi connectivity index (χ0v) is 15.4. The van der Waals surface area contributed by atoms with Crippen LogP contribution in [0.2, 0.25) is 0 Å². The van der Waals surface area contributed by atoms with E-state index in [-0.39, 0.29) is 5.41 Å². The summed E-state index contributed by atoms with van der Waals surface area (Å²) in [5, 5.41) is 3.63. The molecule has 0 saturated carbocycles. The molecule has 0 amide bonds. The fraction of sp³-hybridized carbons (Fsp3) is 0.684. The van der Waals surface area contributed by atoms with Crippen LogP contribution in [0.15, 0.2) is 29.2 Å². The lowest BCUT2D eigenvalue weighted by atomic mass is 9.87. The van der Waals surface area contributed by atoms with Crippen LogP contribution in [0.4, 0.5) is 0 Å². The third kappa shape index (κ3) is 7.92. The van der Waals surface area contributed by atoms with E-state index in [0.29, 0.717) is 6.04 Å². The van der Waals surface area contributed by atoms with Crippen molar-refractivity contribution >= 4 is 11.8 Å². The maximum absolute atomic E-state index is 3.63. The molecule has 0 saturated heterocycles. The van der Waals surface area contributed by atoms with Crippen LogP contribution in [0.1, 0.15) is 65.9 Å². The molecule has 0 aliphatic heterocycles. The lowest BCUT2D eigenvalue weighted by Crippen LogP contribution is -2.28. The van der Waals surface area contributed by atoms with Gasteiger partial charge < -0.3 is 5.32 Å². The molecule has 0 aliphatic rings. The smallest absolute Gasteiger partial charge is 0.0106 e. The van der Waals surface area contributed by atoms with Crippen molar-refractivity contribution in [1.82, 2.24) is 5.32 Å². The molecule has 0 bridgehead atoms. The van der Waals surface area contributed by atoms with Crippen molar-refractivity contribution in [2.45, 2.75) is 76.7 Å². The van der Waals surface area contributed by atoms with Crippen LogP contribution in [0, 0.1) is 0 Å². The van der Waals surface area contributed by atoms with Crippen molar-refractivity contribution in [1.29, 1.82) is 0 Å². The van der Waals surface area contributed by atoms with E-state index in [1.165, 1.54) is 36.1 Å². The van der Waals surface area contributed by atoms with Crippen molar-refractivity contribution in [2.24, 2.45) is 0 Å². The Balaban J connectivity index is 2.21. The van der Waals surface area contributed by atoms with Gasteiger partial charge in [-0.2, -0.15) is 0 Å². The van der Waals surface area contributed by atoms with E-state index in [1.54, 1.807) is 0 Å². The molecule has 1 atom stereocenters. The number of nitrogens with one attached hydrogen (secondary N) is 1. The van der Waals surface area contributed by atoms with E-state index < -0.39 is 0 Å². The molecule has 1 nitrogen and oxygen atoms in total. The summed E-state index contributed by atoms with van der Waals surface area (Å²) >= 11 is 1.95. The van der Waals surface area contributed by atoms with Crippen molar-refractivity contribution in [2.75, 3.05) is 12.3 Å². The highest BCUT2D eigenvalue weighted by molar-refractivity contribution is 7.99. The molecule has 0 heterocycles. The zero-order chi connectivity index (χ0) is 15.7. The average molecular weight is 308 g/mol. The van der Waals surface area contributed by atoms with E-state index in [4.69, 9.17) is 0 Å². The Bertz CT molecular complexity index is 378. The molecule has 0 aliphatic carbocycles. The van der Waals surface area contributed by atoms with Gasteiger partial charge in [-0.15, -0.1) is 11.8 Å². The van der Waals surface area contributed by atoms with Gasteiger partial charge in [-0.1, -0.05) is 59.1 Å². The van der Waals surface area contributed by atoms with E-state index >= 15 is 0 Å². The average Bonchev–Trinajstić information content (AvgIpc) is 2.43. The minimum atomic E-state index is 0.249. The molecule has 1 aromatic rings. The fourth-order valence-corrected chi connectivity index (χ4v) is 3.11. The molecular weight excluding hydrogens is 274 g/mol. The monoisotopic (exact) mass is 307 g/mol. The molecule has 1 rings (SSSR count). The first-order valence-electron chi connectivity index (χ1n) is 8.40. The number of hydrogen-bond acceptors (Lipinski definition) is 2. The van der Waals surface area contributed by atoms with E-state index in [0.717, 1.165) is 12.3 Å². The van der Waals surface area contributed by atoms with Gasteiger partial charge in [0.05, 0.1) is 0 Å². The molecule has 0 fully saturated rings. The van der Waals surface area contributed by atoms with Gasteiger partial charge in [0.15, 0.2) is 0 Å². The van der Waals surface area contributed by atoms with Gasteiger partial charge in [0, 0.05) is 23.2 Å². The normalized spacial score (nSPS) is 13.4. The number of rotatable bonds is 9. The molecule has 1 unspecified atom stereocenters. The summed E-state index contributed by atoms with van der Waals surface area (Å²) in [4.78, 5) is 1.38. The molecule has 1 N–H and O–H groups in total. The predicted octanol–water partition coefficient (Wildman–Crippen LogP) is 5.63. The molecule has 120 valence electrons. The molecule has 2 heteroatoms. The molecule has 0 radical (unpaired) electrons. The molecule has 0 aromatic heterocycles. The summed E-state index contributed by atoms with van der Waals surface area (Å²) in [6.07, 6.45) is 5.33. The van der Waals surface area contributed by atoms with Gasteiger partial charge in [-0.05, 0) is 36.5 Å². The SMILES string of the molecule is CCCCCC(C)NCCSc1ccc(C(C)(C)C)cc1. The molecular formula is C19H33NS. The van der Waals surface area contributed by atoms with E-state index in [2.05, 4.69) is 64.2 Å². The summed E-state index contributed by atoms with van der Waals surface area (Å²) in [7, 11) is 0. The van der Waals surface area contributed by atoms with Crippen LogP contribution in [0.25, 0.3) is 0 Å². The Morgan fingerprint density at radius 2 is 1.76 bits per heavy atom. The maximum atomic E-state index is 3.63. The maximum Gasteiger partial charge on any atom is 0.0106 e. The first-order chi connectivity index (χ1) is 9.93. The second-order valence-corrected chi connectivity index (χ2v) is 8.14. The van der Waals surface area contributed by atoms with Crippen molar-refractivity contribution < 1.29 is 0 Å². The lowest BCUT2D eigenvalue weighted by molar-refractivity contribution is 0.502. The second-order valence-electron chi connectivity index (χ2n) is 6.97. The Kier molecular flexibility index (Phi) is 8.43. The number of benzene rings is 1. The van der Waals surface area contributed by atoms with Crippen LogP contribution < -0.4 is 5.32 Å². The van der Waals surface area contributed by atoms with Gasteiger partial charge in [-0.3, -0.25) is 0 Å². The largest absolute Gasteiger partial charge is 0.313 e. The predicted molar refractivity (Wildman–Crippen MR) is 97.5 cm³/mol. The highest BCUT2D eigenvalue weighted by Gasteiger charge is 2.12. The third-order valence-corrected chi connectivity index (χ3v) is 4.84. The van der Waals surface area contributed by atoms with Gasteiger partial charge in [0.25, 0.3) is 0 Å². The Morgan fingerprint density at radius 1 is 1.10 bits per heavy atom. The van der Waals surface area contributed by atoms with Crippen LogP contribution in [-0.2, 0) is 5.41 Å². The van der Waals surface area contributed by atoms with E-state index in [1.807, 2.05) is 11.8 Å².